The monoisotopic (exact) mass is 280 g/mol. The lowest BCUT2D eigenvalue weighted by Gasteiger charge is -2.39. The second kappa shape index (κ2) is 4.09. The quantitative estimate of drug-likeness (QED) is 0.630. The van der Waals surface area contributed by atoms with Crippen molar-refractivity contribution in [2.45, 2.75) is 51.9 Å². The molecule has 110 valence electrons. The third kappa shape index (κ3) is 1.93. The average Bonchev–Trinajstić information content (AvgIpc) is 2.97. The van der Waals surface area contributed by atoms with E-state index in [9.17, 15) is 4.79 Å². The van der Waals surface area contributed by atoms with Crippen molar-refractivity contribution < 1.29 is 4.79 Å². The van der Waals surface area contributed by atoms with Crippen LogP contribution in [0.2, 0.25) is 0 Å². The lowest BCUT2D eigenvalue weighted by molar-refractivity contribution is 0.0848. The first-order chi connectivity index (χ1) is 9.87. The number of benzene rings is 1. The molecule has 3 aliphatic rings. The second-order valence-electron chi connectivity index (χ2n) is 8.45. The predicted molar refractivity (Wildman–Crippen MR) is 85.6 cm³/mol. The van der Waals surface area contributed by atoms with Gasteiger partial charge in [-0.1, -0.05) is 45.1 Å². The lowest BCUT2D eigenvalue weighted by atomic mass is 9.64. The van der Waals surface area contributed by atoms with E-state index >= 15 is 0 Å². The molecule has 3 unspecified atom stereocenters. The maximum Gasteiger partial charge on any atom is 0.163 e. The zero-order valence-corrected chi connectivity index (χ0v) is 13.3. The van der Waals surface area contributed by atoms with Gasteiger partial charge in [0.1, 0.15) is 0 Å². The highest BCUT2D eigenvalue weighted by Gasteiger charge is 2.51. The Hall–Kier alpha value is -1.37. The van der Waals surface area contributed by atoms with Crippen molar-refractivity contribution >= 4 is 5.78 Å². The van der Waals surface area contributed by atoms with Gasteiger partial charge in [-0.3, -0.25) is 4.79 Å². The van der Waals surface area contributed by atoms with Gasteiger partial charge in [0.25, 0.3) is 0 Å². The fraction of sp³-hybridized carbons (Fsp3) is 0.550. The summed E-state index contributed by atoms with van der Waals surface area (Å²) in [5.74, 6) is 1.75. The van der Waals surface area contributed by atoms with Crippen molar-refractivity contribution in [2.24, 2.45) is 17.3 Å². The van der Waals surface area contributed by atoms with Gasteiger partial charge in [-0.25, -0.2) is 0 Å². The van der Waals surface area contributed by atoms with E-state index in [0.29, 0.717) is 11.7 Å². The van der Waals surface area contributed by atoms with Gasteiger partial charge in [-0.05, 0) is 59.1 Å². The number of rotatable bonds is 0. The third-order valence-electron chi connectivity index (χ3n) is 5.96. The van der Waals surface area contributed by atoms with Gasteiger partial charge < -0.3 is 0 Å². The zero-order valence-electron chi connectivity index (χ0n) is 13.3. The summed E-state index contributed by atoms with van der Waals surface area (Å²) in [5, 5.41) is 0. The van der Waals surface area contributed by atoms with Crippen molar-refractivity contribution in [1.82, 2.24) is 0 Å². The number of ketones is 1. The van der Waals surface area contributed by atoms with E-state index in [1.165, 1.54) is 24.0 Å². The molecule has 1 spiro atoms. The van der Waals surface area contributed by atoms with E-state index in [1.54, 1.807) is 0 Å². The van der Waals surface area contributed by atoms with Crippen LogP contribution < -0.4 is 0 Å². The van der Waals surface area contributed by atoms with Gasteiger partial charge in [-0.2, -0.15) is 0 Å². The molecular formula is C20H24O. The Morgan fingerprint density at radius 3 is 2.57 bits per heavy atom. The number of carbonyl (C=O) groups excluding carboxylic acids is 1. The van der Waals surface area contributed by atoms with Crippen LogP contribution in [0.3, 0.4) is 0 Å². The minimum Gasteiger partial charge on any atom is -0.294 e. The fourth-order valence-corrected chi connectivity index (χ4v) is 4.77. The van der Waals surface area contributed by atoms with Crippen LogP contribution in [0.15, 0.2) is 30.4 Å². The van der Waals surface area contributed by atoms with E-state index in [-0.39, 0.29) is 10.8 Å². The summed E-state index contributed by atoms with van der Waals surface area (Å²) in [6, 6.07) is 6.62. The van der Waals surface area contributed by atoms with Crippen LogP contribution in [0.25, 0.3) is 0 Å². The standard InChI is InChI=1S/C20H24O/c1-19(2,3)15-7-5-14-11-20(12-18(21)17(14)9-15)10-13-4-6-16(20)8-13/h4-7,9,13,16H,8,10-12H2,1-3H3. The highest BCUT2D eigenvalue weighted by Crippen LogP contribution is 2.57. The maximum atomic E-state index is 12.8. The van der Waals surface area contributed by atoms with Gasteiger partial charge in [0.15, 0.2) is 5.78 Å². The highest BCUT2D eigenvalue weighted by molar-refractivity contribution is 5.99. The number of carbonyl (C=O) groups is 1. The molecule has 0 aliphatic heterocycles. The summed E-state index contributed by atoms with van der Waals surface area (Å²) in [5.41, 5.74) is 3.92. The van der Waals surface area contributed by atoms with Gasteiger partial charge >= 0.3 is 0 Å². The first kappa shape index (κ1) is 13.3. The Kier molecular flexibility index (Phi) is 2.59. The summed E-state index contributed by atoms with van der Waals surface area (Å²) < 4.78 is 0. The number of allylic oxidation sites excluding steroid dienone is 2. The van der Waals surface area contributed by atoms with Gasteiger partial charge in [0, 0.05) is 12.0 Å². The zero-order chi connectivity index (χ0) is 14.8. The van der Waals surface area contributed by atoms with Crippen LogP contribution in [-0.2, 0) is 11.8 Å². The second-order valence-corrected chi connectivity index (χ2v) is 8.45. The topological polar surface area (TPSA) is 17.1 Å². The number of hydrogen-bond donors (Lipinski definition) is 0. The summed E-state index contributed by atoms with van der Waals surface area (Å²) in [7, 11) is 0. The molecule has 0 amide bonds. The van der Waals surface area contributed by atoms with E-state index in [2.05, 4.69) is 51.1 Å². The molecule has 0 heterocycles. The van der Waals surface area contributed by atoms with Crippen LogP contribution in [0, 0.1) is 17.3 Å². The molecule has 1 heteroatoms. The smallest absolute Gasteiger partial charge is 0.163 e. The van der Waals surface area contributed by atoms with Gasteiger partial charge in [-0.15, -0.1) is 0 Å². The van der Waals surface area contributed by atoms with E-state index < -0.39 is 0 Å². The molecular weight excluding hydrogens is 256 g/mol. The molecule has 3 atom stereocenters. The van der Waals surface area contributed by atoms with Gasteiger partial charge in [0.2, 0.25) is 0 Å². The lowest BCUT2D eigenvalue weighted by Crippen LogP contribution is -2.36. The van der Waals surface area contributed by atoms with Crippen LogP contribution in [0.4, 0.5) is 0 Å². The predicted octanol–water partition coefficient (Wildman–Crippen LogP) is 4.70. The molecule has 3 aliphatic carbocycles. The third-order valence-corrected chi connectivity index (χ3v) is 5.96. The van der Waals surface area contributed by atoms with Crippen LogP contribution in [0.1, 0.15) is 61.5 Å². The Bertz CT molecular complexity index is 646. The van der Waals surface area contributed by atoms with Crippen LogP contribution in [-0.4, -0.2) is 5.78 Å². The summed E-state index contributed by atoms with van der Waals surface area (Å²) in [6.07, 6.45) is 9.13. The molecule has 4 rings (SSSR count). The minimum atomic E-state index is 0.111. The van der Waals surface area contributed by atoms with Crippen molar-refractivity contribution in [3.05, 3.63) is 47.0 Å². The summed E-state index contributed by atoms with van der Waals surface area (Å²) in [4.78, 5) is 12.8. The molecule has 2 bridgehead atoms. The average molecular weight is 280 g/mol. The SMILES string of the molecule is CC(C)(C)c1ccc2c(c1)C(=O)CC1(C2)CC2C=CC1C2. The Labute approximate surface area is 127 Å². The molecule has 1 nitrogen and oxygen atoms in total. The van der Waals surface area contributed by atoms with Crippen molar-refractivity contribution in [3.63, 3.8) is 0 Å². The molecule has 0 saturated heterocycles. The first-order valence-corrected chi connectivity index (χ1v) is 8.22. The molecule has 0 radical (unpaired) electrons. The molecule has 1 saturated carbocycles. The molecule has 0 N–H and O–H groups in total. The molecule has 1 aromatic rings. The Morgan fingerprint density at radius 1 is 1.14 bits per heavy atom. The molecule has 1 fully saturated rings. The Morgan fingerprint density at radius 2 is 1.95 bits per heavy atom. The van der Waals surface area contributed by atoms with Crippen LogP contribution in [0.5, 0.6) is 0 Å². The summed E-state index contributed by atoms with van der Waals surface area (Å²) >= 11 is 0. The van der Waals surface area contributed by atoms with E-state index in [4.69, 9.17) is 0 Å². The fourth-order valence-electron chi connectivity index (χ4n) is 4.77. The van der Waals surface area contributed by atoms with Crippen molar-refractivity contribution in [2.75, 3.05) is 0 Å². The number of Topliss-reactive ketones (excluding diaryl/α,β-unsaturated/α-hetero) is 1. The van der Waals surface area contributed by atoms with Crippen molar-refractivity contribution in [1.29, 1.82) is 0 Å². The number of fused-ring (bicyclic) bond motifs is 4. The van der Waals surface area contributed by atoms with E-state index in [1.807, 2.05) is 0 Å². The largest absolute Gasteiger partial charge is 0.294 e. The Balaban J connectivity index is 1.74. The van der Waals surface area contributed by atoms with Gasteiger partial charge in [0.05, 0.1) is 0 Å². The molecule has 1 aromatic carbocycles. The maximum absolute atomic E-state index is 12.8. The van der Waals surface area contributed by atoms with Crippen LogP contribution >= 0.6 is 0 Å². The highest BCUT2D eigenvalue weighted by atomic mass is 16.1. The first-order valence-electron chi connectivity index (χ1n) is 8.22. The minimum absolute atomic E-state index is 0.111. The number of hydrogen-bond acceptors (Lipinski definition) is 1. The summed E-state index contributed by atoms with van der Waals surface area (Å²) in [6.45, 7) is 6.64. The molecule has 21 heavy (non-hydrogen) atoms. The van der Waals surface area contributed by atoms with E-state index in [0.717, 1.165) is 24.3 Å². The molecule has 0 aromatic heterocycles. The normalized spacial score (nSPS) is 33.8. The van der Waals surface area contributed by atoms with Crippen molar-refractivity contribution in [3.8, 4) is 0 Å².